The predicted octanol–water partition coefficient (Wildman–Crippen LogP) is -0.705. The topological polar surface area (TPSA) is 55.4 Å². The Bertz CT molecular complexity index is 107. The monoisotopic (exact) mass is 131 g/mol. The van der Waals surface area contributed by atoms with E-state index in [1.165, 1.54) is 14.2 Å². The molecule has 0 radical (unpaired) electrons. The van der Waals surface area contributed by atoms with Gasteiger partial charge < -0.3 is 10.1 Å². The fraction of sp³-hybridized carbons (Fsp3) is 0.600. The summed E-state index contributed by atoms with van der Waals surface area (Å²) in [7, 11) is 2.70. The first-order valence-corrected chi connectivity index (χ1v) is 2.48. The number of methoxy groups -OCH3 is 1. The molecule has 0 unspecified atom stereocenters. The van der Waals surface area contributed by atoms with Crippen molar-refractivity contribution in [3.05, 3.63) is 0 Å². The minimum Gasteiger partial charge on any atom is -0.469 e. The normalized spacial score (nSPS) is 8.22. The van der Waals surface area contributed by atoms with E-state index in [2.05, 4.69) is 10.1 Å². The Kier molecular flexibility index (Phi) is 3.43. The van der Waals surface area contributed by atoms with E-state index in [-0.39, 0.29) is 12.3 Å². The highest BCUT2D eigenvalue weighted by molar-refractivity contribution is 5.93. The average Bonchev–Trinajstić information content (AvgIpc) is 1.87. The molecular weight excluding hydrogens is 122 g/mol. The van der Waals surface area contributed by atoms with E-state index in [9.17, 15) is 9.59 Å². The van der Waals surface area contributed by atoms with Gasteiger partial charge in [-0.2, -0.15) is 0 Å². The molecule has 0 spiro atoms. The second-order valence-electron chi connectivity index (χ2n) is 1.43. The Morgan fingerprint density at radius 3 is 2.44 bits per heavy atom. The zero-order valence-electron chi connectivity index (χ0n) is 5.43. The smallest absolute Gasteiger partial charge is 0.315 e. The van der Waals surface area contributed by atoms with Crippen LogP contribution in [0.1, 0.15) is 6.42 Å². The van der Waals surface area contributed by atoms with Crippen molar-refractivity contribution in [2.45, 2.75) is 6.42 Å². The van der Waals surface area contributed by atoms with Crippen molar-refractivity contribution in [1.29, 1.82) is 0 Å². The lowest BCUT2D eigenvalue weighted by atomic mass is 10.4. The van der Waals surface area contributed by atoms with Crippen LogP contribution in [-0.4, -0.2) is 26.0 Å². The molecule has 52 valence electrons. The highest BCUT2D eigenvalue weighted by Gasteiger charge is 2.05. The van der Waals surface area contributed by atoms with E-state index in [0.717, 1.165) is 0 Å². The van der Waals surface area contributed by atoms with Crippen molar-refractivity contribution in [3.63, 3.8) is 0 Å². The summed E-state index contributed by atoms with van der Waals surface area (Å²) in [6.07, 6.45) is -0.201. The number of amides is 1. The molecule has 1 amide bonds. The van der Waals surface area contributed by atoms with Crippen LogP contribution in [0.2, 0.25) is 0 Å². The third-order valence-electron chi connectivity index (χ3n) is 0.811. The molecule has 0 aromatic heterocycles. The number of rotatable bonds is 2. The van der Waals surface area contributed by atoms with E-state index < -0.39 is 5.97 Å². The summed E-state index contributed by atoms with van der Waals surface area (Å²) in [6.45, 7) is 0. The van der Waals surface area contributed by atoms with Crippen molar-refractivity contribution >= 4 is 11.9 Å². The molecule has 0 heterocycles. The van der Waals surface area contributed by atoms with Gasteiger partial charge in [0.2, 0.25) is 5.91 Å². The molecular formula is C5H9NO3. The highest BCUT2D eigenvalue weighted by atomic mass is 16.5. The molecule has 4 nitrogen and oxygen atoms in total. The van der Waals surface area contributed by atoms with Crippen LogP contribution < -0.4 is 5.32 Å². The third-order valence-corrected chi connectivity index (χ3v) is 0.811. The van der Waals surface area contributed by atoms with Gasteiger partial charge in [-0.1, -0.05) is 0 Å². The van der Waals surface area contributed by atoms with Crippen molar-refractivity contribution < 1.29 is 14.3 Å². The molecule has 0 aliphatic heterocycles. The molecule has 0 fully saturated rings. The van der Waals surface area contributed by atoms with Crippen molar-refractivity contribution in [2.24, 2.45) is 0 Å². The summed E-state index contributed by atoms with van der Waals surface area (Å²) < 4.78 is 4.22. The second-order valence-corrected chi connectivity index (χ2v) is 1.43. The van der Waals surface area contributed by atoms with E-state index >= 15 is 0 Å². The molecule has 0 bridgehead atoms. The molecule has 0 rings (SSSR count). The zero-order chi connectivity index (χ0) is 7.28. The van der Waals surface area contributed by atoms with Crippen molar-refractivity contribution in [2.75, 3.05) is 14.2 Å². The first-order valence-electron chi connectivity index (χ1n) is 2.48. The molecule has 9 heavy (non-hydrogen) atoms. The zero-order valence-corrected chi connectivity index (χ0v) is 5.43. The minimum absolute atomic E-state index is 0.201. The number of hydrogen-bond acceptors (Lipinski definition) is 3. The van der Waals surface area contributed by atoms with Gasteiger partial charge in [0.1, 0.15) is 6.42 Å². The minimum atomic E-state index is -0.519. The fourth-order valence-corrected chi connectivity index (χ4v) is 0.292. The van der Waals surface area contributed by atoms with Gasteiger partial charge in [-0.3, -0.25) is 9.59 Å². The van der Waals surface area contributed by atoms with E-state index in [1.54, 1.807) is 0 Å². The summed E-state index contributed by atoms with van der Waals surface area (Å²) in [4.78, 5) is 20.7. The number of carbonyl (C=O) groups excluding carboxylic acids is 2. The first kappa shape index (κ1) is 7.94. The Labute approximate surface area is 53.2 Å². The Balaban J connectivity index is 3.47. The Morgan fingerprint density at radius 1 is 1.56 bits per heavy atom. The number of esters is 1. The van der Waals surface area contributed by atoms with Gasteiger partial charge in [0.05, 0.1) is 7.11 Å². The van der Waals surface area contributed by atoms with Crippen molar-refractivity contribution in [1.82, 2.24) is 5.32 Å². The van der Waals surface area contributed by atoms with Gasteiger partial charge in [0.15, 0.2) is 0 Å². The summed E-state index contributed by atoms with van der Waals surface area (Å²) >= 11 is 0. The first-order chi connectivity index (χ1) is 4.20. The second kappa shape index (κ2) is 3.88. The van der Waals surface area contributed by atoms with Gasteiger partial charge in [-0.25, -0.2) is 0 Å². The summed E-state index contributed by atoms with van der Waals surface area (Å²) in [5, 5.41) is 2.29. The molecule has 0 aliphatic carbocycles. The van der Waals surface area contributed by atoms with E-state index in [4.69, 9.17) is 0 Å². The third kappa shape index (κ3) is 3.52. The van der Waals surface area contributed by atoms with Gasteiger partial charge in [-0.15, -0.1) is 0 Å². The molecule has 0 aliphatic rings. The molecule has 4 heteroatoms. The van der Waals surface area contributed by atoms with Crippen LogP contribution in [0.4, 0.5) is 0 Å². The molecule has 0 atom stereocenters. The number of ether oxygens (including phenoxy) is 1. The molecule has 0 aromatic rings. The van der Waals surface area contributed by atoms with E-state index in [1.807, 2.05) is 0 Å². The quantitative estimate of drug-likeness (QED) is 0.398. The van der Waals surface area contributed by atoms with Crippen LogP contribution in [-0.2, 0) is 14.3 Å². The lowest BCUT2D eigenvalue weighted by molar-refractivity contribution is -0.143. The molecule has 0 aromatic carbocycles. The number of hydrogen-bond donors (Lipinski definition) is 1. The lowest BCUT2D eigenvalue weighted by Crippen LogP contribution is -2.21. The highest BCUT2D eigenvalue weighted by Crippen LogP contribution is 1.81. The maximum Gasteiger partial charge on any atom is 0.315 e. The van der Waals surface area contributed by atoms with Crippen molar-refractivity contribution in [3.8, 4) is 0 Å². The Morgan fingerprint density at radius 2 is 2.11 bits per heavy atom. The van der Waals surface area contributed by atoms with Gasteiger partial charge in [0.25, 0.3) is 0 Å². The summed E-state index contributed by atoms with van der Waals surface area (Å²) in [6, 6.07) is 0. The SMILES string of the molecule is CNC(=O)CC(=O)OC. The average molecular weight is 131 g/mol. The van der Waals surface area contributed by atoms with Gasteiger partial charge >= 0.3 is 5.97 Å². The molecule has 1 N–H and O–H groups in total. The molecule has 0 saturated heterocycles. The van der Waals surface area contributed by atoms with Crippen LogP contribution in [0.25, 0.3) is 0 Å². The van der Waals surface area contributed by atoms with Crippen LogP contribution in [0.3, 0.4) is 0 Å². The number of carbonyl (C=O) groups is 2. The van der Waals surface area contributed by atoms with Crippen LogP contribution in [0.15, 0.2) is 0 Å². The maximum absolute atomic E-state index is 10.4. The standard InChI is InChI=1S/C5H9NO3/c1-6-4(7)3-5(8)9-2/h3H2,1-2H3,(H,6,7). The predicted molar refractivity (Wildman–Crippen MR) is 30.7 cm³/mol. The lowest BCUT2D eigenvalue weighted by Gasteiger charge is -1.95. The van der Waals surface area contributed by atoms with Crippen LogP contribution >= 0.6 is 0 Å². The fourth-order valence-electron chi connectivity index (χ4n) is 0.292. The summed E-state index contributed by atoms with van der Waals surface area (Å²) in [5.74, 6) is -0.851. The number of nitrogens with one attached hydrogen (secondary N) is 1. The van der Waals surface area contributed by atoms with Gasteiger partial charge in [0, 0.05) is 7.05 Å². The van der Waals surface area contributed by atoms with E-state index in [0.29, 0.717) is 0 Å². The van der Waals surface area contributed by atoms with Gasteiger partial charge in [-0.05, 0) is 0 Å². The molecule has 0 saturated carbocycles. The van der Waals surface area contributed by atoms with Crippen LogP contribution in [0.5, 0.6) is 0 Å². The largest absolute Gasteiger partial charge is 0.469 e. The maximum atomic E-state index is 10.4. The summed E-state index contributed by atoms with van der Waals surface area (Å²) in [5.41, 5.74) is 0. The Hall–Kier alpha value is -1.06. The van der Waals surface area contributed by atoms with Crippen LogP contribution in [0, 0.1) is 0 Å².